The normalized spacial score (nSPS) is 9.71. The van der Waals surface area contributed by atoms with E-state index in [0.29, 0.717) is 16.4 Å². The van der Waals surface area contributed by atoms with Crippen molar-refractivity contribution in [3.63, 3.8) is 0 Å². The Hall–Kier alpha value is -1.57. The third-order valence-corrected chi connectivity index (χ3v) is 3.30. The largest absolute Gasteiger partial charge is 0.340 e. The van der Waals surface area contributed by atoms with E-state index in [1.165, 1.54) is 6.20 Å². The van der Waals surface area contributed by atoms with Crippen molar-refractivity contribution in [2.24, 2.45) is 0 Å². The summed E-state index contributed by atoms with van der Waals surface area (Å²) in [5.74, 6) is 0.679. The summed E-state index contributed by atoms with van der Waals surface area (Å²) in [7, 11) is 0. The predicted octanol–water partition coefficient (Wildman–Crippen LogP) is 4.11. The van der Waals surface area contributed by atoms with Gasteiger partial charge in [0.15, 0.2) is 0 Å². The van der Waals surface area contributed by atoms with E-state index in [2.05, 4.69) is 26.2 Å². The maximum atomic E-state index is 8.65. The maximum Gasteiger partial charge on any atom is 0.130 e. The van der Waals surface area contributed by atoms with Gasteiger partial charge >= 0.3 is 0 Å². The van der Waals surface area contributed by atoms with Crippen molar-refractivity contribution in [3.8, 4) is 6.07 Å². The Labute approximate surface area is 112 Å². The summed E-state index contributed by atoms with van der Waals surface area (Å²) in [6.45, 7) is 0. The maximum absolute atomic E-state index is 8.65. The molecule has 0 bridgehead atoms. The number of anilines is 2. The fraction of sp³-hybridized carbons (Fsp3) is 0. The van der Waals surface area contributed by atoms with Crippen LogP contribution in [0.1, 0.15) is 5.56 Å². The van der Waals surface area contributed by atoms with Crippen LogP contribution in [0, 0.1) is 11.3 Å². The van der Waals surface area contributed by atoms with Gasteiger partial charge in [0.05, 0.1) is 10.6 Å². The zero-order valence-electron chi connectivity index (χ0n) is 8.61. The molecule has 0 aliphatic heterocycles. The third kappa shape index (κ3) is 2.96. The van der Waals surface area contributed by atoms with Gasteiger partial charge in [-0.1, -0.05) is 11.6 Å². The van der Waals surface area contributed by atoms with Crippen LogP contribution in [0.25, 0.3) is 0 Å². The van der Waals surface area contributed by atoms with Gasteiger partial charge in [-0.2, -0.15) is 5.26 Å². The Kier molecular flexibility index (Phi) is 3.62. The topological polar surface area (TPSA) is 48.7 Å². The molecule has 1 heterocycles. The van der Waals surface area contributed by atoms with Crippen molar-refractivity contribution in [2.75, 3.05) is 5.32 Å². The number of nitrogens with zero attached hydrogens (tertiary/aromatic N) is 2. The molecule has 17 heavy (non-hydrogen) atoms. The van der Waals surface area contributed by atoms with Crippen molar-refractivity contribution in [3.05, 3.63) is 51.6 Å². The first kappa shape index (κ1) is 11.9. The number of rotatable bonds is 2. The molecule has 3 nitrogen and oxygen atoms in total. The van der Waals surface area contributed by atoms with Gasteiger partial charge in [0.25, 0.3) is 0 Å². The summed E-state index contributed by atoms with van der Waals surface area (Å²) >= 11 is 9.24. The van der Waals surface area contributed by atoms with Crippen LogP contribution in [0.15, 0.2) is 41.0 Å². The van der Waals surface area contributed by atoms with Gasteiger partial charge in [-0.25, -0.2) is 4.98 Å². The molecule has 1 aromatic heterocycles. The molecule has 0 aliphatic carbocycles. The van der Waals surface area contributed by atoms with Crippen LogP contribution in [0.2, 0.25) is 5.02 Å². The summed E-state index contributed by atoms with van der Waals surface area (Å²) in [6, 6.07) is 11.0. The van der Waals surface area contributed by atoms with Crippen molar-refractivity contribution in [1.82, 2.24) is 4.98 Å². The molecule has 0 aliphatic rings. The lowest BCUT2D eigenvalue weighted by atomic mass is 10.3. The van der Waals surface area contributed by atoms with E-state index in [4.69, 9.17) is 16.9 Å². The first-order chi connectivity index (χ1) is 8.19. The predicted molar refractivity (Wildman–Crippen MR) is 71.4 cm³/mol. The summed E-state index contributed by atoms with van der Waals surface area (Å²) in [4.78, 5) is 4.11. The number of hydrogen-bond acceptors (Lipinski definition) is 3. The smallest absolute Gasteiger partial charge is 0.130 e. The fourth-order valence-corrected chi connectivity index (χ4v) is 1.75. The highest BCUT2D eigenvalue weighted by atomic mass is 79.9. The Morgan fingerprint density at radius 3 is 2.71 bits per heavy atom. The number of aromatic nitrogens is 1. The van der Waals surface area contributed by atoms with Crippen LogP contribution >= 0.6 is 27.5 Å². The van der Waals surface area contributed by atoms with Crippen LogP contribution in [-0.2, 0) is 0 Å². The Morgan fingerprint density at radius 1 is 1.29 bits per heavy atom. The van der Waals surface area contributed by atoms with E-state index in [-0.39, 0.29) is 0 Å². The quantitative estimate of drug-likeness (QED) is 0.908. The van der Waals surface area contributed by atoms with Crippen LogP contribution in [0.5, 0.6) is 0 Å². The molecule has 2 rings (SSSR count). The molecule has 1 N–H and O–H groups in total. The standard InChI is InChI=1S/C12H7BrClN3/c13-10-5-9(2-3-11(10)14)17-12-4-1-8(6-15)7-16-12/h1-5,7H,(H,16,17). The molecular weight excluding hydrogens is 302 g/mol. The molecular formula is C12H7BrClN3. The SMILES string of the molecule is N#Cc1ccc(Nc2ccc(Cl)c(Br)c2)nc1. The van der Waals surface area contributed by atoms with Gasteiger partial charge in [-0.05, 0) is 46.3 Å². The average molecular weight is 309 g/mol. The fourth-order valence-electron chi connectivity index (χ4n) is 1.26. The zero-order chi connectivity index (χ0) is 12.3. The summed E-state index contributed by atoms with van der Waals surface area (Å²) in [5, 5.41) is 12.4. The molecule has 0 fully saturated rings. The van der Waals surface area contributed by atoms with Gasteiger partial charge in [0.2, 0.25) is 0 Å². The minimum absolute atomic E-state index is 0.535. The molecule has 0 saturated carbocycles. The Morgan fingerprint density at radius 2 is 2.12 bits per heavy atom. The van der Waals surface area contributed by atoms with Crippen molar-refractivity contribution in [1.29, 1.82) is 5.26 Å². The van der Waals surface area contributed by atoms with Gasteiger partial charge in [-0.15, -0.1) is 0 Å². The monoisotopic (exact) mass is 307 g/mol. The number of benzene rings is 1. The lowest BCUT2D eigenvalue weighted by Crippen LogP contribution is -1.93. The number of pyridine rings is 1. The molecule has 5 heteroatoms. The van der Waals surface area contributed by atoms with E-state index < -0.39 is 0 Å². The van der Waals surface area contributed by atoms with E-state index in [1.807, 2.05) is 18.2 Å². The Balaban J connectivity index is 2.20. The second-order valence-corrected chi connectivity index (χ2v) is 4.56. The zero-order valence-corrected chi connectivity index (χ0v) is 11.0. The number of nitrogens with one attached hydrogen (secondary N) is 1. The molecule has 2 aromatic rings. The van der Waals surface area contributed by atoms with E-state index in [1.54, 1.807) is 18.2 Å². The number of halogens is 2. The summed E-state index contributed by atoms with van der Waals surface area (Å²) in [6.07, 6.45) is 1.52. The van der Waals surface area contributed by atoms with Crippen LogP contribution < -0.4 is 5.32 Å². The molecule has 0 unspecified atom stereocenters. The van der Waals surface area contributed by atoms with Gasteiger partial charge in [0, 0.05) is 16.4 Å². The second-order valence-electron chi connectivity index (χ2n) is 3.30. The van der Waals surface area contributed by atoms with Gasteiger partial charge < -0.3 is 5.32 Å². The lowest BCUT2D eigenvalue weighted by molar-refractivity contribution is 1.29. The van der Waals surface area contributed by atoms with Crippen molar-refractivity contribution in [2.45, 2.75) is 0 Å². The molecule has 0 radical (unpaired) electrons. The van der Waals surface area contributed by atoms with E-state index >= 15 is 0 Å². The molecule has 0 spiro atoms. The highest BCUT2D eigenvalue weighted by molar-refractivity contribution is 9.10. The minimum atomic E-state index is 0.535. The third-order valence-electron chi connectivity index (χ3n) is 2.08. The lowest BCUT2D eigenvalue weighted by Gasteiger charge is -2.06. The highest BCUT2D eigenvalue weighted by Crippen LogP contribution is 2.26. The summed E-state index contributed by atoms with van der Waals surface area (Å²) in [5.41, 5.74) is 1.41. The van der Waals surface area contributed by atoms with E-state index in [0.717, 1.165) is 10.2 Å². The van der Waals surface area contributed by atoms with Crippen LogP contribution in [0.4, 0.5) is 11.5 Å². The Bertz CT molecular complexity index is 575. The average Bonchev–Trinajstić information content (AvgIpc) is 2.35. The molecule has 84 valence electrons. The number of nitriles is 1. The first-order valence-electron chi connectivity index (χ1n) is 4.77. The minimum Gasteiger partial charge on any atom is -0.340 e. The first-order valence-corrected chi connectivity index (χ1v) is 5.94. The van der Waals surface area contributed by atoms with Gasteiger partial charge in [-0.3, -0.25) is 0 Å². The highest BCUT2D eigenvalue weighted by Gasteiger charge is 2.00. The van der Waals surface area contributed by atoms with Gasteiger partial charge in [0.1, 0.15) is 11.9 Å². The van der Waals surface area contributed by atoms with Crippen LogP contribution in [-0.4, -0.2) is 4.98 Å². The van der Waals surface area contributed by atoms with Crippen molar-refractivity contribution < 1.29 is 0 Å². The van der Waals surface area contributed by atoms with Crippen molar-refractivity contribution >= 4 is 39.0 Å². The van der Waals surface area contributed by atoms with E-state index in [9.17, 15) is 0 Å². The molecule has 0 amide bonds. The number of hydrogen-bond donors (Lipinski definition) is 1. The molecule has 0 atom stereocenters. The molecule has 0 saturated heterocycles. The second kappa shape index (κ2) is 5.17. The molecule has 1 aromatic carbocycles. The van der Waals surface area contributed by atoms with Crippen LogP contribution in [0.3, 0.4) is 0 Å². The summed E-state index contributed by atoms with van der Waals surface area (Å²) < 4.78 is 0.817.